The lowest BCUT2D eigenvalue weighted by molar-refractivity contribution is 0.114. The number of anilines is 1. The first-order chi connectivity index (χ1) is 10.3. The molecule has 0 amide bonds. The van der Waals surface area contributed by atoms with Crippen molar-refractivity contribution in [3.63, 3.8) is 0 Å². The number of aromatic nitrogens is 2. The largest absolute Gasteiger partial charge is 0.472 e. The lowest BCUT2D eigenvalue weighted by Crippen LogP contribution is -2.37. The maximum atomic E-state index is 6.01. The summed E-state index contributed by atoms with van der Waals surface area (Å²) in [6.45, 7) is 8.77. The molecule has 0 N–H and O–H groups in total. The number of ether oxygens (including phenoxy) is 1. The van der Waals surface area contributed by atoms with E-state index in [1.807, 2.05) is 0 Å². The van der Waals surface area contributed by atoms with Crippen LogP contribution in [0.1, 0.15) is 39.5 Å². The van der Waals surface area contributed by atoms with Crippen molar-refractivity contribution in [2.75, 3.05) is 31.1 Å². The minimum Gasteiger partial charge on any atom is -0.472 e. The fraction of sp³-hybridized carbons (Fsp3) is 0.750. The van der Waals surface area contributed by atoms with Gasteiger partial charge in [-0.15, -0.1) is 0 Å². The summed E-state index contributed by atoms with van der Waals surface area (Å²) < 4.78 is 6.01. The summed E-state index contributed by atoms with van der Waals surface area (Å²) >= 11 is 0. The van der Waals surface area contributed by atoms with Crippen molar-refractivity contribution >= 4 is 5.82 Å². The van der Waals surface area contributed by atoms with Gasteiger partial charge in [-0.25, -0.2) is 9.97 Å². The molecule has 0 spiro atoms. The second-order valence-corrected chi connectivity index (χ2v) is 5.97. The molecule has 2 heterocycles. The van der Waals surface area contributed by atoms with Gasteiger partial charge in [-0.3, -0.25) is 4.90 Å². The molecule has 0 aromatic carbocycles. The van der Waals surface area contributed by atoms with Gasteiger partial charge in [-0.2, -0.15) is 0 Å². The maximum Gasteiger partial charge on any atom is 0.257 e. The summed E-state index contributed by atoms with van der Waals surface area (Å²) in [5.41, 5.74) is 0. The number of likely N-dealkylation sites (N-methyl/N-ethyl adjacent to an activating group) is 1. The maximum absolute atomic E-state index is 6.01. The molecule has 1 aromatic heterocycles. The highest BCUT2D eigenvalue weighted by Crippen LogP contribution is 2.31. The number of nitrogens with zero attached hydrogens (tertiary/aromatic N) is 4. The molecule has 1 saturated heterocycles. The molecular weight excluding hydrogens is 264 g/mol. The minimum absolute atomic E-state index is 0.349. The van der Waals surface area contributed by atoms with E-state index in [2.05, 4.69) is 33.6 Å². The van der Waals surface area contributed by atoms with Gasteiger partial charge >= 0.3 is 0 Å². The molecule has 1 aliphatic carbocycles. The van der Waals surface area contributed by atoms with Crippen LogP contribution in [0.15, 0.2) is 12.4 Å². The molecule has 116 valence electrons. The predicted octanol–water partition coefficient (Wildman–Crippen LogP) is 2.33. The van der Waals surface area contributed by atoms with Crippen molar-refractivity contribution in [1.82, 2.24) is 14.9 Å². The molecule has 2 fully saturated rings. The highest BCUT2D eigenvalue weighted by molar-refractivity contribution is 5.49. The summed E-state index contributed by atoms with van der Waals surface area (Å²) in [6.07, 6.45) is 8.62. The van der Waals surface area contributed by atoms with Gasteiger partial charge in [-0.1, -0.05) is 13.8 Å². The SMILES string of the molecule is CCN(CC)C1CCN(c2nccnc2OC2CCC2)C1. The topological polar surface area (TPSA) is 41.5 Å². The molecule has 3 rings (SSSR count). The predicted molar refractivity (Wildman–Crippen MR) is 83.8 cm³/mol. The lowest BCUT2D eigenvalue weighted by Gasteiger charge is -2.29. The van der Waals surface area contributed by atoms with Crippen LogP contribution in [0.2, 0.25) is 0 Å². The Hall–Kier alpha value is -1.36. The van der Waals surface area contributed by atoms with Crippen LogP contribution in [0.5, 0.6) is 5.88 Å². The summed E-state index contributed by atoms with van der Waals surface area (Å²) in [6, 6.07) is 0.624. The van der Waals surface area contributed by atoms with Crippen molar-refractivity contribution < 1.29 is 4.74 Å². The van der Waals surface area contributed by atoms with Crippen LogP contribution in [-0.2, 0) is 0 Å². The highest BCUT2D eigenvalue weighted by atomic mass is 16.5. The van der Waals surface area contributed by atoms with E-state index in [1.54, 1.807) is 12.4 Å². The zero-order valence-electron chi connectivity index (χ0n) is 13.2. The van der Waals surface area contributed by atoms with Crippen molar-refractivity contribution in [3.8, 4) is 5.88 Å². The Morgan fingerprint density at radius 1 is 1.19 bits per heavy atom. The van der Waals surface area contributed by atoms with E-state index >= 15 is 0 Å². The minimum atomic E-state index is 0.349. The molecule has 21 heavy (non-hydrogen) atoms. The van der Waals surface area contributed by atoms with E-state index in [4.69, 9.17) is 4.74 Å². The Bertz CT molecular complexity index is 459. The van der Waals surface area contributed by atoms with Crippen LogP contribution in [0.3, 0.4) is 0 Å². The van der Waals surface area contributed by atoms with Gasteiger partial charge in [0.25, 0.3) is 5.88 Å². The van der Waals surface area contributed by atoms with Crippen molar-refractivity contribution in [2.24, 2.45) is 0 Å². The van der Waals surface area contributed by atoms with E-state index in [9.17, 15) is 0 Å². The third kappa shape index (κ3) is 3.12. The van der Waals surface area contributed by atoms with E-state index < -0.39 is 0 Å². The van der Waals surface area contributed by atoms with E-state index in [0.717, 1.165) is 50.7 Å². The zero-order valence-corrected chi connectivity index (χ0v) is 13.2. The van der Waals surface area contributed by atoms with Gasteiger partial charge in [0.15, 0.2) is 5.82 Å². The third-order valence-electron chi connectivity index (χ3n) is 4.77. The average molecular weight is 290 g/mol. The van der Waals surface area contributed by atoms with E-state index in [0.29, 0.717) is 12.1 Å². The summed E-state index contributed by atoms with van der Waals surface area (Å²) in [4.78, 5) is 13.8. The Kier molecular flexibility index (Phi) is 4.58. The van der Waals surface area contributed by atoms with Gasteiger partial charge in [0.1, 0.15) is 6.10 Å². The molecule has 1 saturated carbocycles. The molecule has 1 atom stereocenters. The molecule has 1 aliphatic heterocycles. The highest BCUT2D eigenvalue weighted by Gasteiger charge is 2.30. The summed E-state index contributed by atoms with van der Waals surface area (Å²) in [5, 5.41) is 0. The fourth-order valence-corrected chi connectivity index (χ4v) is 3.24. The molecule has 0 radical (unpaired) electrons. The summed E-state index contributed by atoms with van der Waals surface area (Å²) in [5.74, 6) is 1.65. The van der Waals surface area contributed by atoms with Gasteiger partial charge in [0.05, 0.1) is 0 Å². The van der Waals surface area contributed by atoms with Gasteiger partial charge in [0.2, 0.25) is 0 Å². The molecular formula is C16H26N4O. The first-order valence-corrected chi connectivity index (χ1v) is 8.28. The normalized spacial score (nSPS) is 22.6. The smallest absolute Gasteiger partial charge is 0.257 e. The summed E-state index contributed by atoms with van der Waals surface area (Å²) in [7, 11) is 0. The first-order valence-electron chi connectivity index (χ1n) is 8.28. The van der Waals surface area contributed by atoms with Gasteiger partial charge in [-0.05, 0) is 38.8 Å². The molecule has 5 heteroatoms. The van der Waals surface area contributed by atoms with Crippen LogP contribution in [0.25, 0.3) is 0 Å². The molecule has 0 bridgehead atoms. The quantitative estimate of drug-likeness (QED) is 0.804. The Balaban J connectivity index is 1.69. The van der Waals surface area contributed by atoms with Crippen molar-refractivity contribution in [1.29, 1.82) is 0 Å². The standard InChI is InChI=1S/C16H26N4O/c1-3-19(4-2)13-8-11-20(12-13)15-16(18-10-9-17-15)21-14-6-5-7-14/h9-10,13-14H,3-8,11-12H2,1-2H3. The third-order valence-corrected chi connectivity index (χ3v) is 4.77. The second kappa shape index (κ2) is 6.60. The van der Waals surface area contributed by atoms with Crippen LogP contribution in [-0.4, -0.2) is 53.2 Å². The number of hydrogen-bond acceptors (Lipinski definition) is 5. The Morgan fingerprint density at radius 2 is 1.95 bits per heavy atom. The zero-order chi connectivity index (χ0) is 14.7. The van der Waals surface area contributed by atoms with Crippen LogP contribution in [0.4, 0.5) is 5.82 Å². The van der Waals surface area contributed by atoms with Gasteiger partial charge < -0.3 is 9.64 Å². The van der Waals surface area contributed by atoms with Crippen LogP contribution >= 0.6 is 0 Å². The molecule has 2 aliphatic rings. The van der Waals surface area contributed by atoms with E-state index in [-0.39, 0.29) is 0 Å². The van der Waals surface area contributed by atoms with Crippen LogP contribution in [0, 0.1) is 0 Å². The Morgan fingerprint density at radius 3 is 2.62 bits per heavy atom. The molecule has 1 aromatic rings. The first kappa shape index (κ1) is 14.6. The number of hydrogen-bond donors (Lipinski definition) is 0. The Labute approximate surface area is 127 Å². The molecule has 5 nitrogen and oxygen atoms in total. The monoisotopic (exact) mass is 290 g/mol. The van der Waals surface area contributed by atoms with Crippen LogP contribution < -0.4 is 9.64 Å². The lowest BCUT2D eigenvalue weighted by atomic mass is 9.96. The molecule has 1 unspecified atom stereocenters. The fourth-order valence-electron chi connectivity index (χ4n) is 3.24. The van der Waals surface area contributed by atoms with E-state index in [1.165, 1.54) is 12.8 Å². The second-order valence-electron chi connectivity index (χ2n) is 5.97. The van der Waals surface area contributed by atoms with Crippen molar-refractivity contribution in [2.45, 2.75) is 51.7 Å². The number of rotatable bonds is 6. The van der Waals surface area contributed by atoms with Crippen molar-refractivity contribution in [3.05, 3.63) is 12.4 Å². The van der Waals surface area contributed by atoms with Gasteiger partial charge in [0, 0.05) is 31.5 Å². The average Bonchev–Trinajstić information content (AvgIpc) is 2.94.